The highest BCUT2D eigenvalue weighted by Crippen LogP contribution is 2.23. The molecule has 2 atom stereocenters. The number of nitrogens with zero attached hydrogens (tertiary/aromatic N) is 6. The third-order valence-electron chi connectivity index (χ3n) is 2.89. The maximum absolute atomic E-state index is 5.60. The van der Waals surface area contributed by atoms with Crippen LogP contribution in [0.1, 0.15) is 0 Å². The van der Waals surface area contributed by atoms with E-state index in [0.29, 0.717) is 6.61 Å². The van der Waals surface area contributed by atoms with E-state index in [0.717, 1.165) is 25.5 Å². The Morgan fingerprint density at radius 2 is 2.53 bits per heavy atom. The number of tetrazole rings is 1. The molecule has 3 rings (SSSR count). The molecular weight excluding hydrogens is 220 g/mol. The minimum atomic E-state index is 0.254. The summed E-state index contributed by atoms with van der Waals surface area (Å²) < 4.78 is 0. The van der Waals surface area contributed by atoms with Crippen LogP contribution in [0.4, 0.5) is 0 Å². The Labute approximate surface area is 98.9 Å². The molecule has 17 heavy (non-hydrogen) atoms. The van der Waals surface area contributed by atoms with Crippen LogP contribution in [-0.2, 0) is 4.84 Å². The second-order valence-corrected chi connectivity index (χ2v) is 4.11. The van der Waals surface area contributed by atoms with Gasteiger partial charge in [0.25, 0.3) is 0 Å². The third-order valence-corrected chi connectivity index (χ3v) is 2.89. The molecule has 0 aliphatic carbocycles. The molecule has 2 aliphatic heterocycles. The molecule has 0 saturated carbocycles. The molecule has 2 unspecified atom stereocenters. The van der Waals surface area contributed by atoms with E-state index in [4.69, 9.17) is 4.84 Å². The SMILES string of the molecule is C=CCON1CN2CC(n3ncnn3)=CC1C2. The standard InChI is InChI=1S/C10H14N6O/c1-2-3-17-15-8-14-5-9(15)4-10(6-14)16-12-7-11-13-16/h2,4,7,9H,1,3,5-6,8H2. The van der Waals surface area contributed by atoms with Crippen molar-refractivity contribution in [2.45, 2.75) is 6.04 Å². The van der Waals surface area contributed by atoms with E-state index < -0.39 is 0 Å². The van der Waals surface area contributed by atoms with Crippen LogP contribution in [0, 0.1) is 0 Å². The van der Waals surface area contributed by atoms with E-state index in [9.17, 15) is 0 Å². The summed E-state index contributed by atoms with van der Waals surface area (Å²) in [5.74, 6) is 0. The Balaban J connectivity index is 1.76. The van der Waals surface area contributed by atoms with Gasteiger partial charge in [-0.2, -0.15) is 5.06 Å². The van der Waals surface area contributed by atoms with Crippen LogP contribution in [0.2, 0.25) is 0 Å². The van der Waals surface area contributed by atoms with Crippen molar-refractivity contribution in [2.24, 2.45) is 0 Å². The molecule has 0 spiro atoms. The first kappa shape index (κ1) is 10.6. The summed E-state index contributed by atoms with van der Waals surface area (Å²) in [5.41, 5.74) is 1.04. The minimum Gasteiger partial charge on any atom is -0.293 e. The number of aromatic nitrogens is 4. The molecule has 1 saturated heterocycles. The summed E-state index contributed by atoms with van der Waals surface area (Å²) >= 11 is 0. The zero-order chi connectivity index (χ0) is 11.7. The van der Waals surface area contributed by atoms with Crippen LogP contribution in [-0.4, -0.2) is 62.6 Å². The molecule has 0 N–H and O–H groups in total. The average molecular weight is 234 g/mol. The maximum Gasteiger partial charge on any atom is 0.162 e. The van der Waals surface area contributed by atoms with Gasteiger partial charge in [0.15, 0.2) is 6.33 Å². The van der Waals surface area contributed by atoms with Crippen LogP contribution in [0.5, 0.6) is 0 Å². The van der Waals surface area contributed by atoms with E-state index in [2.05, 4.69) is 33.0 Å². The molecule has 0 aromatic carbocycles. The van der Waals surface area contributed by atoms with Crippen LogP contribution < -0.4 is 0 Å². The number of hydrogen-bond acceptors (Lipinski definition) is 6. The van der Waals surface area contributed by atoms with Gasteiger partial charge in [-0.3, -0.25) is 9.74 Å². The Bertz CT molecular complexity index is 428. The summed E-state index contributed by atoms with van der Waals surface area (Å²) in [4.78, 5) is 9.44. The first-order valence-corrected chi connectivity index (χ1v) is 5.53. The Morgan fingerprint density at radius 1 is 1.59 bits per heavy atom. The van der Waals surface area contributed by atoms with Gasteiger partial charge in [-0.25, -0.2) is 0 Å². The van der Waals surface area contributed by atoms with E-state index in [-0.39, 0.29) is 6.04 Å². The molecule has 0 amide bonds. The molecule has 7 heteroatoms. The van der Waals surface area contributed by atoms with Gasteiger partial charge < -0.3 is 0 Å². The quantitative estimate of drug-likeness (QED) is 0.660. The van der Waals surface area contributed by atoms with E-state index in [1.807, 2.05) is 5.06 Å². The molecule has 7 nitrogen and oxygen atoms in total. The monoisotopic (exact) mass is 234 g/mol. The molecule has 0 radical (unpaired) electrons. The van der Waals surface area contributed by atoms with Crippen molar-refractivity contribution < 1.29 is 4.84 Å². The highest BCUT2D eigenvalue weighted by atomic mass is 16.7. The Hall–Kier alpha value is -1.57. The second kappa shape index (κ2) is 4.36. The first-order chi connectivity index (χ1) is 8.36. The molecule has 2 bridgehead atoms. The van der Waals surface area contributed by atoms with Gasteiger partial charge in [-0.1, -0.05) is 6.08 Å². The van der Waals surface area contributed by atoms with Crippen LogP contribution in [0.25, 0.3) is 5.70 Å². The van der Waals surface area contributed by atoms with Crippen LogP contribution in [0.15, 0.2) is 25.1 Å². The highest BCUT2D eigenvalue weighted by molar-refractivity contribution is 5.47. The van der Waals surface area contributed by atoms with Gasteiger partial charge in [0.1, 0.15) is 0 Å². The summed E-state index contributed by atoms with van der Waals surface area (Å²) in [6.45, 7) is 6.79. The number of hydroxylamine groups is 2. The van der Waals surface area contributed by atoms with Crippen LogP contribution in [0.3, 0.4) is 0 Å². The predicted octanol–water partition coefficient (Wildman–Crippen LogP) is -0.411. The normalized spacial score (nSPS) is 28.1. The fourth-order valence-corrected chi connectivity index (χ4v) is 2.18. The fourth-order valence-electron chi connectivity index (χ4n) is 2.18. The van der Waals surface area contributed by atoms with Gasteiger partial charge in [0, 0.05) is 13.1 Å². The lowest BCUT2D eigenvalue weighted by atomic mass is 10.2. The van der Waals surface area contributed by atoms with E-state index >= 15 is 0 Å². The maximum atomic E-state index is 5.60. The van der Waals surface area contributed by atoms with Gasteiger partial charge in [-0.15, -0.1) is 21.6 Å². The lowest BCUT2D eigenvalue weighted by Crippen LogP contribution is -2.31. The number of hydrogen-bond donors (Lipinski definition) is 0. The van der Waals surface area contributed by atoms with Crippen molar-refractivity contribution in [2.75, 3.05) is 26.4 Å². The molecule has 1 fully saturated rings. The number of rotatable bonds is 4. The highest BCUT2D eigenvalue weighted by Gasteiger charge is 2.34. The van der Waals surface area contributed by atoms with E-state index in [1.165, 1.54) is 6.33 Å². The van der Waals surface area contributed by atoms with Crippen molar-refractivity contribution in [3.8, 4) is 0 Å². The second-order valence-electron chi connectivity index (χ2n) is 4.11. The zero-order valence-corrected chi connectivity index (χ0v) is 9.44. The van der Waals surface area contributed by atoms with Crippen molar-refractivity contribution in [3.05, 3.63) is 25.1 Å². The van der Waals surface area contributed by atoms with Crippen molar-refractivity contribution in [1.29, 1.82) is 0 Å². The smallest absolute Gasteiger partial charge is 0.162 e. The Kier molecular flexibility index (Phi) is 2.71. The summed E-state index contributed by atoms with van der Waals surface area (Å²) in [7, 11) is 0. The lowest BCUT2D eigenvalue weighted by molar-refractivity contribution is -0.153. The molecule has 3 heterocycles. The topological polar surface area (TPSA) is 59.3 Å². The van der Waals surface area contributed by atoms with Gasteiger partial charge >= 0.3 is 0 Å². The predicted molar refractivity (Wildman–Crippen MR) is 60.3 cm³/mol. The molecule has 90 valence electrons. The number of fused-ring (bicyclic) bond motifs is 2. The van der Waals surface area contributed by atoms with Crippen LogP contribution >= 0.6 is 0 Å². The van der Waals surface area contributed by atoms with Gasteiger partial charge in [0.05, 0.1) is 25.0 Å². The average Bonchev–Trinajstić information content (AvgIpc) is 2.95. The lowest BCUT2D eigenvalue weighted by Gasteiger charge is -2.20. The first-order valence-electron chi connectivity index (χ1n) is 5.53. The van der Waals surface area contributed by atoms with Gasteiger partial charge in [0.2, 0.25) is 0 Å². The molecule has 2 aliphatic rings. The van der Waals surface area contributed by atoms with Crippen molar-refractivity contribution >= 4 is 5.70 Å². The zero-order valence-electron chi connectivity index (χ0n) is 9.44. The third kappa shape index (κ3) is 1.99. The summed E-state index contributed by atoms with van der Waals surface area (Å²) in [5, 5.41) is 13.6. The van der Waals surface area contributed by atoms with Gasteiger partial charge in [-0.05, 0) is 11.3 Å². The molecule has 1 aromatic rings. The summed E-state index contributed by atoms with van der Waals surface area (Å²) in [6.07, 6.45) is 5.33. The van der Waals surface area contributed by atoms with Crippen molar-refractivity contribution in [1.82, 2.24) is 30.2 Å². The largest absolute Gasteiger partial charge is 0.293 e. The minimum absolute atomic E-state index is 0.254. The molecule has 1 aromatic heterocycles. The fraction of sp³-hybridized carbons (Fsp3) is 0.500. The molecular formula is C10H14N6O. The Morgan fingerprint density at radius 3 is 3.29 bits per heavy atom. The van der Waals surface area contributed by atoms with Crippen molar-refractivity contribution in [3.63, 3.8) is 0 Å². The van der Waals surface area contributed by atoms with E-state index in [1.54, 1.807) is 10.9 Å². The summed E-state index contributed by atoms with van der Waals surface area (Å²) in [6, 6.07) is 0.254.